The Balaban J connectivity index is 2.26. The maximum Gasteiger partial charge on any atom is 0.258 e. The summed E-state index contributed by atoms with van der Waals surface area (Å²) in [6.07, 6.45) is 1.30. The molecule has 1 aromatic carbocycles. The molecule has 15 heavy (non-hydrogen) atoms. The molecule has 2 aromatic rings. The van der Waals surface area contributed by atoms with Gasteiger partial charge in [0, 0.05) is 6.07 Å². The van der Waals surface area contributed by atoms with Gasteiger partial charge in [0.1, 0.15) is 5.75 Å². The van der Waals surface area contributed by atoms with E-state index in [9.17, 15) is 0 Å². The molecule has 0 aliphatic heterocycles. The average molecular weight is 203 g/mol. The van der Waals surface area contributed by atoms with Crippen molar-refractivity contribution in [3.05, 3.63) is 48.2 Å². The lowest BCUT2D eigenvalue weighted by Gasteiger charge is -2.04. The van der Waals surface area contributed by atoms with Gasteiger partial charge in [-0.1, -0.05) is 18.2 Å². The van der Waals surface area contributed by atoms with Crippen molar-refractivity contribution in [2.75, 3.05) is 0 Å². The van der Waals surface area contributed by atoms with Crippen molar-refractivity contribution >= 4 is 0 Å². The number of aromatic nitrogens is 2. The SMILES string of the molecule is N=c1nc(Oc2ccccc2)ccn1O. The maximum atomic E-state index is 9.02. The summed E-state index contributed by atoms with van der Waals surface area (Å²) in [6, 6.07) is 10.6. The Kier molecular flexibility index (Phi) is 2.37. The Labute approximate surface area is 85.7 Å². The van der Waals surface area contributed by atoms with Crippen LogP contribution in [0, 0.1) is 5.41 Å². The van der Waals surface area contributed by atoms with Crippen molar-refractivity contribution in [1.82, 2.24) is 9.71 Å². The fourth-order valence-corrected chi connectivity index (χ4v) is 1.06. The second-order valence-electron chi connectivity index (χ2n) is 2.85. The summed E-state index contributed by atoms with van der Waals surface area (Å²) < 4.78 is 5.97. The van der Waals surface area contributed by atoms with E-state index >= 15 is 0 Å². The van der Waals surface area contributed by atoms with Crippen LogP contribution in [-0.4, -0.2) is 14.9 Å². The van der Waals surface area contributed by atoms with Crippen LogP contribution in [0.25, 0.3) is 0 Å². The van der Waals surface area contributed by atoms with E-state index in [1.165, 1.54) is 12.3 Å². The molecule has 0 aliphatic carbocycles. The van der Waals surface area contributed by atoms with Gasteiger partial charge in [0.05, 0.1) is 6.20 Å². The summed E-state index contributed by atoms with van der Waals surface area (Å²) in [7, 11) is 0. The number of nitrogens with one attached hydrogen (secondary N) is 1. The first-order valence-electron chi connectivity index (χ1n) is 4.32. The lowest BCUT2D eigenvalue weighted by molar-refractivity contribution is 0.163. The molecule has 0 spiro atoms. The number of hydrogen-bond donors (Lipinski definition) is 2. The zero-order chi connectivity index (χ0) is 10.7. The second kappa shape index (κ2) is 3.83. The van der Waals surface area contributed by atoms with Crippen LogP contribution >= 0.6 is 0 Å². The van der Waals surface area contributed by atoms with Crippen LogP contribution in [0.4, 0.5) is 0 Å². The minimum Gasteiger partial charge on any atom is -0.439 e. The summed E-state index contributed by atoms with van der Waals surface area (Å²) in [5, 5.41) is 16.3. The topological polar surface area (TPSA) is 71.1 Å². The molecule has 5 heteroatoms. The average Bonchev–Trinajstić information content (AvgIpc) is 2.25. The van der Waals surface area contributed by atoms with Gasteiger partial charge < -0.3 is 9.94 Å². The van der Waals surface area contributed by atoms with Crippen LogP contribution in [0.2, 0.25) is 0 Å². The van der Waals surface area contributed by atoms with Gasteiger partial charge in [-0.15, -0.1) is 0 Å². The van der Waals surface area contributed by atoms with Gasteiger partial charge in [0.25, 0.3) is 5.62 Å². The number of hydrogen-bond acceptors (Lipinski definition) is 4. The fraction of sp³-hybridized carbons (Fsp3) is 0. The standard InChI is InChI=1S/C10H9N3O2/c11-10-12-9(6-7-13(10)14)15-8-4-2-1-3-5-8/h1-7,11,14H. The highest BCUT2D eigenvalue weighted by Gasteiger charge is 1.98. The summed E-state index contributed by atoms with van der Waals surface area (Å²) in [4.78, 5) is 3.73. The van der Waals surface area contributed by atoms with E-state index in [1.807, 2.05) is 18.2 Å². The maximum absolute atomic E-state index is 9.02. The van der Waals surface area contributed by atoms with Crippen molar-refractivity contribution in [2.45, 2.75) is 0 Å². The molecule has 2 rings (SSSR count). The van der Waals surface area contributed by atoms with Gasteiger partial charge in [-0.05, 0) is 12.1 Å². The Morgan fingerprint density at radius 1 is 1.20 bits per heavy atom. The van der Waals surface area contributed by atoms with E-state index in [1.54, 1.807) is 12.1 Å². The quantitative estimate of drug-likeness (QED) is 0.724. The number of benzene rings is 1. The second-order valence-corrected chi connectivity index (χ2v) is 2.85. The lowest BCUT2D eigenvalue weighted by atomic mass is 10.3. The molecule has 0 bridgehead atoms. The molecular weight excluding hydrogens is 194 g/mol. The molecule has 0 atom stereocenters. The predicted molar refractivity (Wildman–Crippen MR) is 51.8 cm³/mol. The first-order valence-corrected chi connectivity index (χ1v) is 4.32. The van der Waals surface area contributed by atoms with Gasteiger partial charge >= 0.3 is 0 Å². The monoisotopic (exact) mass is 203 g/mol. The van der Waals surface area contributed by atoms with Crippen molar-refractivity contribution in [2.24, 2.45) is 0 Å². The molecule has 0 radical (unpaired) electrons. The number of ether oxygens (including phenoxy) is 1. The normalized spacial score (nSPS) is 9.87. The Hall–Kier alpha value is -2.30. The summed E-state index contributed by atoms with van der Waals surface area (Å²) in [6.45, 7) is 0. The first kappa shape index (κ1) is 9.26. The zero-order valence-electron chi connectivity index (χ0n) is 7.79. The molecule has 0 aliphatic rings. The predicted octanol–water partition coefficient (Wildman–Crippen LogP) is 1.39. The van der Waals surface area contributed by atoms with Crippen LogP contribution in [0.5, 0.6) is 11.6 Å². The zero-order valence-corrected chi connectivity index (χ0v) is 7.79. The van der Waals surface area contributed by atoms with Crippen LogP contribution < -0.4 is 10.4 Å². The fourth-order valence-electron chi connectivity index (χ4n) is 1.06. The number of rotatable bonds is 2. The third kappa shape index (κ3) is 2.14. The van der Waals surface area contributed by atoms with Crippen molar-refractivity contribution in [3.63, 3.8) is 0 Å². The smallest absolute Gasteiger partial charge is 0.258 e. The minimum absolute atomic E-state index is 0.275. The lowest BCUT2D eigenvalue weighted by Crippen LogP contribution is -2.20. The number of nitrogens with zero attached hydrogens (tertiary/aromatic N) is 2. The molecule has 0 fully saturated rings. The molecule has 76 valence electrons. The van der Waals surface area contributed by atoms with Gasteiger partial charge in [-0.2, -0.15) is 9.71 Å². The van der Waals surface area contributed by atoms with E-state index in [0.717, 1.165) is 0 Å². The molecule has 5 nitrogen and oxygen atoms in total. The first-order chi connectivity index (χ1) is 7.25. The summed E-state index contributed by atoms with van der Waals surface area (Å²) >= 11 is 0. The highest BCUT2D eigenvalue weighted by molar-refractivity contribution is 5.25. The van der Waals surface area contributed by atoms with Crippen LogP contribution in [0.1, 0.15) is 0 Å². The van der Waals surface area contributed by atoms with Crippen LogP contribution in [-0.2, 0) is 0 Å². The molecule has 1 heterocycles. The summed E-state index contributed by atoms with van der Waals surface area (Å²) in [5.41, 5.74) is -0.275. The highest BCUT2D eigenvalue weighted by Crippen LogP contribution is 2.16. The third-order valence-electron chi connectivity index (χ3n) is 1.76. The van der Waals surface area contributed by atoms with E-state index in [-0.39, 0.29) is 11.5 Å². The highest BCUT2D eigenvalue weighted by atomic mass is 16.5. The molecular formula is C10H9N3O2. The van der Waals surface area contributed by atoms with Crippen LogP contribution in [0.15, 0.2) is 42.6 Å². The van der Waals surface area contributed by atoms with Gasteiger partial charge in [0.2, 0.25) is 5.88 Å². The molecule has 1 aromatic heterocycles. The van der Waals surface area contributed by atoms with E-state index in [0.29, 0.717) is 10.5 Å². The van der Waals surface area contributed by atoms with Gasteiger partial charge in [-0.25, -0.2) is 0 Å². The van der Waals surface area contributed by atoms with Gasteiger partial charge in [0.15, 0.2) is 0 Å². The van der Waals surface area contributed by atoms with E-state index in [2.05, 4.69) is 4.98 Å². The molecule has 0 amide bonds. The van der Waals surface area contributed by atoms with E-state index < -0.39 is 0 Å². The largest absolute Gasteiger partial charge is 0.439 e. The van der Waals surface area contributed by atoms with E-state index in [4.69, 9.17) is 15.4 Å². The van der Waals surface area contributed by atoms with Crippen molar-refractivity contribution in [3.8, 4) is 11.6 Å². The van der Waals surface area contributed by atoms with Crippen LogP contribution in [0.3, 0.4) is 0 Å². The van der Waals surface area contributed by atoms with Crippen molar-refractivity contribution in [1.29, 1.82) is 5.41 Å². The minimum atomic E-state index is -0.275. The molecule has 0 saturated heterocycles. The Morgan fingerprint density at radius 3 is 2.60 bits per heavy atom. The Morgan fingerprint density at radius 2 is 1.93 bits per heavy atom. The third-order valence-corrected chi connectivity index (χ3v) is 1.76. The molecule has 2 N–H and O–H groups in total. The molecule has 0 unspecified atom stereocenters. The van der Waals surface area contributed by atoms with Gasteiger partial charge in [-0.3, -0.25) is 5.41 Å². The summed E-state index contributed by atoms with van der Waals surface area (Å²) in [5.74, 6) is 0.914. The number of para-hydroxylation sites is 1. The molecule has 0 saturated carbocycles. The Bertz CT molecular complexity index is 508. The van der Waals surface area contributed by atoms with Crippen molar-refractivity contribution < 1.29 is 9.94 Å².